The minimum absolute atomic E-state index is 0.0651. The van der Waals surface area contributed by atoms with Crippen LogP contribution in [0.1, 0.15) is 59.3 Å². The minimum atomic E-state index is -0.328. The van der Waals surface area contributed by atoms with Gasteiger partial charge < -0.3 is 10.1 Å². The molecule has 1 aliphatic heterocycles. The average Bonchev–Trinajstić information content (AvgIpc) is 2.51. The molecule has 0 aromatic rings. The van der Waals surface area contributed by atoms with Gasteiger partial charge in [-0.05, 0) is 77.0 Å². The molecule has 1 saturated heterocycles. The van der Waals surface area contributed by atoms with Crippen LogP contribution in [0.25, 0.3) is 0 Å². The van der Waals surface area contributed by atoms with Gasteiger partial charge in [0.25, 0.3) is 0 Å². The lowest BCUT2D eigenvalue weighted by atomic mass is 9.53. The number of rotatable bonds is 3. The summed E-state index contributed by atoms with van der Waals surface area (Å²) in [7, 11) is 0. The van der Waals surface area contributed by atoms with Gasteiger partial charge in [0.2, 0.25) is 5.91 Å². The first-order valence-electron chi connectivity index (χ1n) is 10.3. The lowest BCUT2D eigenvalue weighted by Gasteiger charge is -2.56. The van der Waals surface area contributed by atoms with Crippen LogP contribution in [0.5, 0.6) is 0 Å². The molecule has 0 unspecified atom stereocenters. The minimum Gasteiger partial charge on any atom is -0.373 e. The second-order valence-electron chi connectivity index (χ2n) is 9.53. The van der Waals surface area contributed by atoms with Crippen LogP contribution in [0, 0.1) is 17.8 Å². The molecule has 4 aliphatic carbocycles. The second-order valence-corrected chi connectivity index (χ2v) is 9.53. The standard InChI is InChI=1S/C20H33N3O3/c1-12-10-23(11-13(2)26-12)14(3)18(24)21-19(25)22-20-7-15-4-16(8-20)6-17(5-15)9-20/h12-17H,4-11H2,1-3H3,(H2,21,22,24,25)/t12-,13+,14-,15?,16?,17?,20?/m1/s1. The Bertz CT molecular complexity index is 533. The fraction of sp³-hybridized carbons (Fsp3) is 0.900. The van der Waals surface area contributed by atoms with Gasteiger partial charge in [-0.2, -0.15) is 0 Å². The predicted octanol–water partition coefficient (Wildman–Crippen LogP) is 2.28. The van der Waals surface area contributed by atoms with Crippen molar-refractivity contribution in [2.75, 3.05) is 13.1 Å². The zero-order chi connectivity index (χ0) is 18.5. The molecule has 5 rings (SSSR count). The summed E-state index contributed by atoms with van der Waals surface area (Å²) in [4.78, 5) is 27.3. The number of ether oxygens (including phenoxy) is 1. The van der Waals surface area contributed by atoms with E-state index >= 15 is 0 Å². The van der Waals surface area contributed by atoms with E-state index in [4.69, 9.17) is 4.74 Å². The normalized spacial score (nSPS) is 43.1. The number of imide groups is 1. The molecule has 5 fully saturated rings. The van der Waals surface area contributed by atoms with Gasteiger partial charge in [-0.3, -0.25) is 15.0 Å². The van der Waals surface area contributed by atoms with Gasteiger partial charge in [0.1, 0.15) is 0 Å². The van der Waals surface area contributed by atoms with E-state index in [1.807, 2.05) is 20.8 Å². The van der Waals surface area contributed by atoms with Gasteiger partial charge in [0.15, 0.2) is 0 Å². The molecule has 1 heterocycles. The van der Waals surface area contributed by atoms with Gasteiger partial charge >= 0.3 is 6.03 Å². The fourth-order valence-electron chi connectivity index (χ4n) is 6.45. The molecule has 6 heteroatoms. The molecule has 146 valence electrons. The first-order chi connectivity index (χ1) is 12.3. The van der Waals surface area contributed by atoms with Crippen molar-refractivity contribution in [3.05, 3.63) is 0 Å². The molecule has 26 heavy (non-hydrogen) atoms. The summed E-state index contributed by atoms with van der Waals surface area (Å²) in [5, 5.41) is 5.83. The number of nitrogens with zero attached hydrogens (tertiary/aromatic N) is 1. The lowest BCUT2D eigenvalue weighted by Crippen LogP contribution is -2.63. The van der Waals surface area contributed by atoms with E-state index in [-0.39, 0.29) is 35.7 Å². The van der Waals surface area contributed by atoms with Crippen molar-refractivity contribution in [1.29, 1.82) is 0 Å². The maximum absolute atomic E-state index is 12.6. The molecule has 4 bridgehead atoms. The molecule has 0 spiro atoms. The Morgan fingerprint density at radius 1 is 1.00 bits per heavy atom. The topological polar surface area (TPSA) is 70.7 Å². The van der Waals surface area contributed by atoms with Gasteiger partial charge in [0.05, 0.1) is 18.2 Å². The summed E-state index contributed by atoms with van der Waals surface area (Å²) >= 11 is 0. The lowest BCUT2D eigenvalue weighted by molar-refractivity contribution is -0.130. The largest absolute Gasteiger partial charge is 0.373 e. The number of hydrogen-bond acceptors (Lipinski definition) is 4. The first kappa shape index (κ1) is 18.2. The maximum atomic E-state index is 12.6. The third-order valence-electron chi connectivity index (χ3n) is 7.03. The van der Waals surface area contributed by atoms with Gasteiger partial charge in [0, 0.05) is 18.6 Å². The number of urea groups is 1. The fourth-order valence-corrected chi connectivity index (χ4v) is 6.45. The quantitative estimate of drug-likeness (QED) is 0.807. The van der Waals surface area contributed by atoms with Crippen molar-refractivity contribution in [3.63, 3.8) is 0 Å². The smallest absolute Gasteiger partial charge is 0.321 e. The Morgan fingerprint density at radius 2 is 1.50 bits per heavy atom. The highest BCUT2D eigenvalue weighted by Gasteiger charge is 2.51. The summed E-state index contributed by atoms with van der Waals surface area (Å²) in [6.07, 6.45) is 7.51. The van der Waals surface area contributed by atoms with Gasteiger partial charge in [-0.1, -0.05) is 0 Å². The zero-order valence-corrected chi connectivity index (χ0v) is 16.3. The van der Waals surface area contributed by atoms with Crippen LogP contribution in [0.15, 0.2) is 0 Å². The Hall–Kier alpha value is -1.14. The highest BCUT2D eigenvalue weighted by Crippen LogP contribution is 2.55. The first-order valence-corrected chi connectivity index (χ1v) is 10.3. The third kappa shape index (κ3) is 3.63. The molecule has 2 N–H and O–H groups in total. The number of carbonyl (C=O) groups excluding carboxylic acids is 2. The van der Waals surface area contributed by atoms with Crippen molar-refractivity contribution in [3.8, 4) is 0 Å². The molecule has 3 atom stereocenters. The molecular formula is C20H33N3O3. The van der Waals surface area contributed by atoms with E-state index in [1.54, 1.807) is 0 Å². The summed E-state index contributed by atoms with van der Waals surface area (Å²) in [6, 6.07) is -0.635. The summed E-state index contributed by atoms with van der Waals surface area (Å²) < 4.78 is 5.73. The van der Waals surface area contributed by atoms with E-state index in [2.05, 4.69) is 15.5 Å². The van der Waals surface area contributed by atoms with Crippen molar-refractivity contribution < 1.29 is 14.3 Å². The van der Waals surface area contributed by atoms with E-state index < -0.39 is 0 Å². The Morgan fingerprint density at radius 3 is 2.00 bits per heavy atom. The van der Waals surface area contributed by atoms with Crippen LogP contribution in [0.2, 0.25) is 0 Å². The van der Waals surface area contributed by atoms with Gasteiger partial charge in [-0.15, -0.1) is 0 Å². The van der Waals surface area contributed by atoms with Crippen LogP contribution in [0.3, 0.4) is 0 Å². The average molecular weight is 364 g/mol. The molecule has 3 amide bonds. The van der Waals surface area contributed by atoms with Crippen molar-refractivity contribution in [2.24, 2.45) is 17.8 Å². The van der Waals surface area contributed by atoms with Crippen LogP contribution in [-0.4, -0.2) is 53.7 Å². The number of carbonyl (C=O) groups is 2. The highest BCUT2D eigenvalue weighted by atomic mass is 16.5. The summed E-state index contributed by atoms with van der Waals surface area (Å²) in [6.45, 7) is 7.35. The third-order valence-corrected chi connectivity index (χ3v) is 7.03. The molecular weight excluding hydrogens is 330 g/mol. The Balaban J connectivity index is 1.32. The Kier molecular flexibility index (Phi) is 4.76. The SMILES string of the molecule is C[C@@H]1CN([C@H](C)C(=O)NC(=O)NC23CC4CC(CC(C4)C2)C3)C[C@H](C)O1. The van der Waals surface area contributed by atoms with E-state index in [9.17, 15) is 9.59 Å². The van der Waals surface area contributed by atoms with E-state index in [1.165, 1.54) is 19.3 Å². The number of hydrogen-bond donors (Lipinski definition) is 2. The molecule has 4 saturated carbocycles. The molecule has 0 aromatic heterocycles. The van der Waals surface area contributed by atoms with Crippen LogP contribution < -0.4 is 10.6 Å². The number of nitrogens with one attached hydrogen (secondary N) is 2. The van der Waals surface area contributed by atoms with Crippen LogP contribution >= 0.6 is 0 Å². The monoisotopic (exact) mass is 363 g/mol. The maximum Gasteiger partial charge on any atom is 0.321 e. The van der Waals surface area contributed by atoms with Gasteiger partial charge in [-0.25, -0.2) is 4.79 Å². The van der Waals surface area contributed by atoms with Crippen molar-refractivity contribution in [1.82, 2.24) is 15.5 Å². The second kappa shape index (κ2) is 6.79. The van der Waals surface area contributed by atoms with E-state index in [0.29, 0.717) is 0 Å². The van der Waals surface area contributed by atoms with Crippen LogP contribution in [-0.2, 0) is 9.53 Å². The number of amides is 3. The van der Waals surface area contributed by atoms with Crippen molar-refractivity contribution in [2.45, 2.75) is 83.1 Å². The molecule has 0 radical (unpaired) electrons. The molecule has 6 nitrogen and oxygen atoms in total. The summed E-state index contributed by atoms with van der Waals surface area (Å²) in [5.41, 5.74) is -0.0651. The van der Waals surface area contributed by atoms with E-state index in [0.717, 1.165) is 50.1 Å². The summed E-state index contributed by atoms with van der Waals surface area (Å²) in [5.74, 6) is 2.10. The zero-order valence-electron chi connectivity index (χ0n) is 16.3. The predicted molar refractivity (Wildman–Crippen MR) is 98.6 cm³/mol. The number of morpholine rings is 1. The molecule has 5 aliphatic rings. The Labute approximate surface area is 156 Å². The van der Waals surface area contributed by atoms with Crippen LogP contribution in [0.4, 0.5) is 4.79 Å². The highest BCUT2D eigenvalue weighted by molar-refractivity contribution is 5.97. The van der Waals surface area contributed by atoms with Crippen molar-refractivity contribution >= 4 is 11.9 Å². The molecule has 0 aromatic carbocycles.